The maximum atomic E-state index is 12.1. The molecule has 0 spiro atoms. The van der Waals surface area contributed by atoms with Crippen molar-refractivity contribution >= 4 is 11.9 Å². The third-order valence-corrected chi connectivity index (χ3v) is 3.59. The van der Waals surface area contributed by atoms with Crippen LogP contribution in [0.15, 0.2) is 11.1 Å². The summed E-state index contributed by atoms with van der Waals surface area (Å²) in [5.74, 6) is -3.36. The quantitative estimate of drug-likeness (QED) is 0.591. The SMILES string of the molecule is COC(=O)[C@H](C)[C@@H]1CCC(C)=C1COC(=O)C(F)(F)F. The Morgan fingerprint density at radius 3 is 2.50 bits per heavy atom. The summed E-state index contributed by atoms with van der Waals surface area (Å²) in [6.07, 6.45) is -3.69. The minimum absolute atomic E-state index is 0.247. The summed E-state index contributed by atoms with van der Waals surface area (Å²) >= 11 is 0. The zero-order chi connectivity index (χ0) is 15.5. The molecule has 0 saturated heterocycles. The number of hydrogen-bond donors (Lipinski definition) is 0. The smallest absolute Gasteiger partial charge is 0.469 e. The third kappa shape index (κ3) is 3.74. The highest BCUT2D eigenvalue weighted by molar-refractivity contribution is 5.76. The third-order valence-electron chi connectivity index (χ3n) is 3.59. The molecule has 20 heavy (non-hydrogen) atoms. The van der Waals surface area contributed by atoms with E-state index < -0.39 is 30.6 Å². The maximum Gasteiger partial charge on any atom is 0.490 e. The molecule has 7 heteroatoms. The van der Waals surface area contributed by atoms with Gasteiger partial charge in [-0.15, -0.1) is 0 Å². The van der Waals surface area contributed by atoms with Gasteiger partial charge in [0.25, 0.3) is 0 Å². The van der Waals surface area contributed by atoms with Crippen molar-refractivity contribution in [1.82, 2.24) is 0 Å². The molecule has 114 valence electrons. The molecule has 0 amide bonds. The molecule has 0 heterocycles. The van der Waals surface area contributed by atoms with Gasteiger partial charge in [-0.1, -0.05) is 12.5 Å². The Morgan fingerprint density at radius 1 is 1.40 bits per heavy atom. The first kappa shape index (κ1) is 16.5. The molecule has 1 aliphatic carbocycles. The van der Waals surface area contributed by atoms with Gasteiger partial charge in [0.1, 0.15) is 6.61 Å². The number of allylic oxidation sites excluding steroid dienone is 1. The molecule has 0 aromatic carbocycles. The van der Waals surface area contributed by atoms with E-state index in [-0.39, 0.29) is 5.92 Å². The number of rotatable bonds is 4. The summed E-state index contributed by atoms with van der Waals surface area (Å²) in [4.78, 5) is 22.2. The van der Waals surface area contributed by atoms with Crippen molar-refractivity contribution < 1.29 is 32.2 Å². The molecule has 0 saturated carbocycles. The van der Waals surface area contributed by atoms with Crippen LogP contribution in [0.25, 0.3) is 0 Å². The van der Waals surface area contributed by atoms with Gasteiger partial charge in [-0.3, -0.25) is 4.79 Å². The van der Waals surface area contributed by atoms with Crippen molar-refractivity contribution in [3.63, 3.8) is 0 Å². The van der Waals surface area contributed by atoms with Gasteiger partial charge in [-0.25, -0.2) is 4.79 Å². The Morgan fingerprint density at radius 2 is 2.00 bits per heavy atom. The number of hydrogen-bond acceptors (Lipinski definition) is 4. The molecule has 0 bridgehead atoms. The first-order chi connectivity index (χ1) is 9.18. The average Bonchev–Trinajstić information content (AvgIpc) is 2.74. The number of esters is 2. The maximum absolute atomic E-state index is 12.1. The molecule has 1 aliphatic rings. The Labute approximate surface area is 114 Å². The van der Waals surface area contributed by atoms with Gasteiger partial charge in [-0.05, 0) is 31.3 Å². The number of alkyl halides is 3. The van der Waals surface area contributed by atoms with Gasteiger partial charge in [0, 0.05) is 0 Å². The predicted molar refractivity (Wildman–Crippen MR) is 63.6 cm³/mol. The standard InChI is InChI=1S/C13H17F3O4/c1-7-4-5-9(8(2)11(17)19-3)10(7)6-20-12(18)13(14,15)16/h8-9H,4-6H2,1-3H3/t8-,9+/m1/s1. The van der Waals surface area contributed by atoms with Crippen molar-refractivity contribution in [2.75, 3.05) is 13.7 Å². The van der Waals surface area contributed by atoms with Crippen molar-refractivity contribution in [3.05, 3.63) is 11.1 Å². The zero-order valence-corrected chi connectivity index (χ0v) is 11.5. The van der Waals surface area contributed by atoms with Gasteiger partial charge in [0.15, 0.2) is 0 Å². The molecule has 0 unspecified atom stereocenters. The van der Waals surface area contributed by atoms with E-state index >= 15 is 0 Å². The van der Waals surface area contributed by atoms with Crippen LogP contribution < -0.4 is 0 Å². The van der Waals surface area contributed by atoms with Crippen LogP contribution in [0.5, 0.6) is 0 Å². The summed E-state index contributed by atoms with van der Waals surface area (Å²) in [6.45, 7) is 2.98. The number of ether oxygens (including phenoxy) is 2. The average molecular weight is 294 g/mol. The Hall–Kier alpha value is -1.53. The van der Waals surface area contributed by atoms with Crippen molar-refractivity contribution in [3.8, 4) is 0 Å². The van der Waals surface area contributed by atoms with Crippen LogP contribution in [0.3, 0.4) is 0 Å². The zero-order valence-electron chi connectivity index (χ0n) is 11.5. The van der Waals surface area contributed by atoms with Crippen molar-refractivity contribution in [1.29, 1.82) is 0 Å². The fourth-order valence-electron chi connectivity index (χ4n) is 2.38. The Balaban J connectivity index is 2.73. The van der Waals surface area contributed by atoms with Gasteiger partial charge < -0.3 is 9.47 Å². The molecule has 0 fully saturated rings. The summed E-state index contributed by atoms with van der Waals surface area (Å²) in [7, 11) is 1.26. The van der Waals surface area contributed by atoms with E-state index in [0.717, 1.165) is 5.57 Å². The van der Waals surface area contributed by atoms with Gasteiger partial charge in [0.2, 0.25) is 0 Å². The second kappa shape index (κ2) is 6.28. The fourth-order valence-corrected chi connectivity index (χ4v) is 2.38. The minimum Gasteiger partial charge on any atom is -0.469 e. The van der Waals surface area contributed by atoms with Crippen LogP contribution in [0.2, 0.25) is 0 Å². The van der Waals surface area contributed by atoms with E-state index in [0.29, 0.717) is 18.4 Å². The number of carbonyl (C=O) groups excluding carboxylic acids is 2. The van der Waals surface area contributed by atoms with Crippen LogP contribution in [0.1, 0.15) is 26.7 Å². The monoisotopic (exact) mass is 294 g/mol. The minimum atomic E-state index is -5.00. The number of carbonyl (C=O) groups is 2. The molecule has 2 atom stereocenters. The molecule has 1 rings (SSSR count). The van der Waals surface area contributed by atoms with Crippen molar-refractivity contribution in [2.45, 2.75) is 32.9 Å². The molecular weight excluding hydrogens is 277 g/mol. The van der Waals surface area contributed by atoms with E-state index in [1.54, 1.807) is 13.8 Å². The topological polar surface area (TPSA) is 52.6 Å². The van der Waals surface area contributed by atoms with E-state index in [2.05, 4.69) is 9.47 Å². The number of methoxy groups -OCH3 is 1. The van der Waals surface area contributed by atoms with E-state index in [9.17, 15) is 22.8 Å². The largest absolute Gasteiger partial charge is 0.490 e. The molecule has 0 aliphatic heterocycles. The molecule has 4 nitrogen and oxygen atoms in total. The summed E-state index contributed by atoms with van der Waals surface area (Å²) in [5.41, 5.74) is 1.45. The van der Waals surface area contributed by atoms with Gasteiger partial charge in [0.05, 0.1) is 13.0 Å². The fraction of sp³-hybridized carbons (Fsp3) is 0.692. The normalized spacial score (nSPS) is 20.8. The van der Waals surface area contributed by atoms with Crippen LogP contribution in [-0.2, 0) is 19.1 Å². The highest BCUT2D eigenvalue weighted by Crippen LogP contribution is 2.37. The lowest BCUT2D eigenvalue weighted by Crippen LogP contribution is -2.28. The molecule has 0 radical (unpaired) electrons. The van der Waals surface area contributed by atoms with E-state index in [1.807, 2.05) is 0 Å². The highest BCUT2D eigenvalue weighted by atomic mass is 19.4. The van der Waals surface area contributed by atoms with Crippen LogP contribution >= 0.6 is 0 Å². The first-order valence-electron chi connectivity index (χ1n) is 6.18. The van der Waals surface area contributed by atoms with Crippen LogP contribution in [-0.4, -0.2) is 31.8 Å². The predicted octanol–water partition coefficient (Wildman–Crippen LogP) is 2.63. The lowest BCUT2D eigenvalue weighted by Gasteiger charge is -2.21. The molecule has 0 aromatic heterocycles. The van der Waals surface area contributed by atoms with E-state index in [4.69, 9.17) is 0 Å². The van der Waals surface area contributed by atoms with Gasteiger partial charge >= 0.3 is 18.1 Å². The first-order valence-corrected chi connectivity index (χ1v) is 6.18. The summed E-state index contributed by atoms with van der Waals surface area (Å²) < 4.78 is 45.2. The summed E-state index contributed by atoms with van der Waals surface area (Å²) in [5, 5.41) is 0. The van der Waals surface area contributed by atoms with E-state index in [1.165, 1.54) is 7.11 Å². The van der Waals surface area contributed by atoms with Crippen LogP contribution in [0, 0.1) is 11.8 Å². The Kier molecular flexibility index (Phi) is 5.19. The molecule has 0 N–H and O–H groups in total. The van der Waals surface area contributed by atoms with Gasteiger partial charge in [-0.2, -0.15) is 13.2 Å². The number of halogens is 3. The highest BCUT2D eigenvalue weighted by Gasteiger charge is 2.42. The lowest BCUT2D eigenvalue weighted by atomic mass is 9.88. The second-order valence-electron chi connectivity index (χ2n) is 4.84. The molecular formula is C13H17F3O4. The van der Waals surface area contributed by atoms with Crippen LogP contribution in [0.4, 0.5) is 13.2 Å². The summed E-state index contributed by atoms with van der Waals surface area (Å²) in [6, 6.07) is 0. The van der Waals surface area contributed by atoms with Crippen molar-refractivity contribution in [2.24, 2.45) is 11.8 Å². The molecule has 0 aromatic rings. The Bertz CT molecular complexity index is 426. The second-order valence-corrected chi connectivity index (χ2v) is 4.84. The lowest BCUT2D eigenvalue weighted by molar-refractivity contribution is -0.198.